The normalized spacial score (nSPS) is 17.7. The number of aliphatic hydroxyl groups excluding tert-OH is 1. The molecule has 0 spiro atoms. The molecule has 25 heavy (non-hydrogen) atoms. The molecule has 1 aliphatic heterocycles. The van der Waals surface area contributed by atoms with Gasteiger partial charge >= 0.3 is 0 Å². The van der Waals surface area contributed by atoms with E-state index in [0.717, 1.165) is 36.1 Å². The average Bonchev–Trinajstić information content (AvgIpc) is 3.10. The number of benzene rings is 1. The summed E-state index contributed by atoms with van der Waals surface area (Å²) in [5.41, 5.74) is 8.55. The number of primary amides is 1. The Kier molecular flexibility index (Phi) is 3.89. The highest BCUT2D eigenvalue weighted by Gasteiger charge is 2.34. The summed E-state index contributed by atoms with van der Waals surface area (Å²) < 4.78 is 0. The maximum Gasteiger partial charge on any atom is 0.279 e. The summed E-state index contributed by atoms with van der Waals surface area (Å²) in [6.07, 6.45) is 3.85. The number of amides is 2. The summed E-state index contributed by atoms with van der Waals surface area (Å²) in [4.78, 5) is 31.6. The van der Waals surface area contributed by atoms with Crippen LogP contribution in [0.15, 0.2) is 29.3 Å². The lowest BCUT2D eigenvalue weighted by Crippen LogP contribution is -2.30. The van der Waals surface area contributed by atoms with Crippen LogP contribution in [0.2, 0.25) is 0 Å². The quantitative estimate of drug-likeness (QED) is 0.883. The van der Waals surface area contributed by atoms with Crippen LogP contribution in [0, 0.1) is 0 Å². The predicted octanol–water partition coefficient (Wildman–Crippen LogP) is 2.14. The fourth-order valence-electron chi connectivity index (χ4n) is 3.50. The van der Waals surface area contributed by atoms with Crippen molar-refractivity contribution in [2.75, 3.05) is 11.6 Å². The first-order valence-electron chi connectivity index (χ1n) is 8.17. The molecule has 1 aliphatic carbocycles. The lowest BCUT2D eigenvalue weighted by Gasteiger charge is -2.11. The first-order chi connectivity index (χ1) is 12.1. The molecule has 2 aromatic rings. The molecule has 3 N–H and O–H groups in total. The maximum absolute atomic E-state index is 12.6. The van der Waals surface area contributed by atoms with E-state index in [1.54, 1.807) is 18.2 Å². The number of hydrogen-bond donors (Lipinski definition) is 2. The Labute approximate surface area is 148 Å². The number of aliphatic hydroxyl groups is 1. The highest BCUT2D eigenvalue weighted by atomic mass is 32.1. The SMILES string of the molecule is NC(=O)c1c(/N=C2/C(=O)N(CO)c3ccccc32)sc2c1CCCC2. The molecule has 128 valence electrons. The summed E-state index contributed by atoms with van der Waals surface area (Å²) in [5, 5.41) is 10.0. The third kappa shape index (κ3) is 2.47. The molecule has 2 amide bonds. The van der Waals surface area contributed by atoms with Gasteiger partial charge in [0.15, 0.2) is 0 Å². The zero-order valence-corrected chi connectivity index (χ0v) is 14.3. The van der Waals surface area contributed by atoms with Gasteiger partial charge in [-0.2, -0.15) is 0 Å². The molecule has 1 aromatic carbocycles. The van der Waals surface area contributed by atoms with Crippen LogP contribution in [-0.2, 0) is 17.6 Å². The summed E-state index contributed by atoms with van der Waals surface area (Å²) in [5.74, 6) is -0.873. The Morgan fingerprint density at radius 1 is 1.28 bits per heavy atom. The predicted molar refractivity (Wildman–Crippen MR) is 96.7 cm³/mol. The lowest BCUT2D eigenvalue weighted by molar-refractivity contribution is -0.112. The van der Waals surface area contributed by atoms with Crippen molar-refractivity contribution < 1.29 is 14.7 Å². The second-order valence-corrected chi connectivity index (χ2v) is 7.19. The smallest absolute Gasteiger partial charge is 0.279 e. The number of aliphatic imine (C=N–C) groups is 1. The molecular formula is C18H17N3O3S. The summed E-state index contributed by atoms with van der Waals surface area (Å²) >= 11 is 1.44. The zero-order chi connectivity index (χ0) is 17.6. The van der Waals surface area contributed by atoms with Gasteiger partial charge in [0.25, 0.3) is 11.8 Å². The molecule has 0 saturated carbocycles. The third-order valence-corrected chi connectivity index (χ3v) is 5.84. The molecule has 4 rings (SSSR count). The van der Waals surface area contributed by atoms with E-state index in [0.29, 0.717) is 21.8 Å². The van der Waals surface area contributed by atoms with E-state index in [9.17, 15) is 14.7 Å². The van der Waals surface area contributed by atoms with Crippen molar-refractivity contribution in [3.05, 3.63) is 45.8 Å². The van der Waals surface area contributed by atoms with E-state index >= 15 is 0 Å². The molecule has 0 atom stereocenters. The van der Waals surface area contributed by atoms with Crippen molar-refractivity contribution in [3.63, 3.8) is 0 Å². The summed E-state index contributed by atoms with van der Waals surface area (Å²) in [6, 6.07) is 7.17. The van der Waals surface area contributed by atoms with Gasteiger partial charge in [-0.15, -0.1) is 11.3 Å². The number of nitrogens with zero attached hydrogens (tertiary/aromatic N) is 2. The van der Waals surface area contributed by atoms with Crippen molar-refractivity contribution in [1.29, 1.82) is 0 Å². The topological polar surface area (TPSA) is 96.0 Å². The standard InChI is InChI=1S/C18H17N3O3S/c19-16(23)14-11-6-2-4-8-13(11)25-17(14)20-15-10-5-1-3-7-12(10)21(9-22)18(15)24/h1,3,5,7,22H,2,4,6,8-9H2,(H2,19,23)/b20-15+. The molecular weight excluding hydrogens is 338 g/mol. The number of rotatable bonds is 3. The van der Waals surface area contributed by atoms with Crippen molar-refractivity contribution in [2.24, 2.45) is 10.7 Å². The number of carbonyl (C=O) groups excluding carboxylic acids is 2. The second-order valence-electron chi connectivity index (χ2n) is 6.11. The number of nitrogens with two attached hydrogens (primary N) is 1. The highest BCUT2D eigenvalue weighted by molar-refractivity contribution is 7.16. The van der Waals surface area contributed by atoms with E-state index in [-0.39, 0.29) is 11.6 Å². The fraction of sp³-hybridized carbons (Fsp3) is 0.278. The third-order valence-electron chi connectivity index (χ3n) is 4.65. The van der Waals surface area contributed by atoms with Crippen LogP contribution >= 0.6 is 11.3 Å². The van der Waals surface area contributed by atoms with E-state index in [2.05, 4.69) is 4.99 Å². The fourth-order valence-corrected chi connectivity index (χ4v) is 4.77. The monoisotopic (exact) mass is 355 g/mol. The second kappa shape index (κ2) is 6.09. The molecule has 6 nitrogen and oxygen atoms in total. The molecule has 0 radical (unpaired) electrons. The largest absolute Gasteiger partial charge is 0.376 e. The first-order valence-corrected chi connectivity index (χ1v) is 8.98. The van der Waals surface area contributed by atoms with E-state index in [4.69, 9.17) is 5.73 Å². The maximum atomic E-state index is 12.6. The molecule has 1 aromatic heterocycles. The molecule has 2 aliphatic rings. The van der Waals surface area contributed by atoms with Crippen LogP contribution < -0.4 is 10.6 Å². The number of para-hydroxylation sites is 1. The lowest BCUT2D eigenvalue weighted by atomic mass is 9.95. The number of thiophene rings is 1. The summed E-state index contributed by atoms with van der Waals surface area (Å²) in [7, 11) is 0. The van der Waals surface area contributed by atoms with Crippen molar-refractivity contribution in [3.8, 4) is 0 Å². The average molecular weight is 355 g/mol. The Morgan fingerprint density at radius 2 is 2.04 bits per heavy atom. The Morgan fingerprint density at radius 3 is 2.80 bits per heavy atom. The van der Waals surface area contributed by atoms with Gasteiger partial charge in [0.2, 0.25) is 0 Å². The number of carbonyl (C=O) groups is 2. The van der Waals surface area contributed by atoms with Crippen LogP contribution in [0.3, 0.4) is 0 Å². The molecule has 7 heteroatoms. The highest BCUT2D eigenvalue weighted by Crippen LogP contribution is 2.41. The van der Waals surface area contributed by atoms with Crippen molar-refractivity contribution in [1.82, 2.24) is 0 Å². The molecule has 0 saturated heterocycles. The molecule has 0 fully saturated rings. The number of hydrogen-bond acceptors (Lipinski definition) is 5. The van der Waals surface area contributed by atoms with Gasteiger partial charge in [0, 0.05) is 10.4 Å². The van der Waals surface area contributed by atoms with Gasteiger partial charge in [-0.1, -0.05) is 18.2 Å². The molecule has 0 bridgehead atoms. The molecule has 2 heterocycles. The Bertz CT molecular complexity index is 916. The van der Waals surface area contributed by atoms with Gasteiger partial charge in [-0.25, -0.2) is 4.99 Å². The number of aryl methyl sites for hydroxylation is 1. The summed E-state index contributed by atoms with van der Waals surface area (Å²) in [6.45, 7) is -0.418. The van der Waals surface area contributed by atoms with Crippen LogP contribution in [0.4, 0.5) is 10.7 Å². The Hall–Kier alpha value is -2.51. The minimum atomic E-state index is -0.503. The van der Waals surface area contributed by atoms with Crippen LogP contribution in [0.25, 0.3) is 0 Å². The van der Waals surface area contributed by atoms with E-state index in [1.165, 1.54) is 16.2 Å². The number of anilines is 1. The zero-order valence-electron chi connectivity index (χ0n) is 13.5. The number of fused-ring (bicyclic) bond motifs is 2. The van der Waals surface area contributed by atoms with Gasteiger partial charge in [0.05, 0.1) is 11.3 Å². The van der Waals surface area contributed by atoms with Gasteiger partial charge in [-0.3, -0.25) is 14.5 Å². The first kappa shape index (κ1) is 16.0. The van der Waals surface area contributed by atoms with Crippen LogP contribution in [0.5, 0.6) is 0 Å². The molecule has 0 unspecified atom stereocenters. The minimum Gasteiger partial charge on any atom is -0.376 e. The van der Waals surface area contributed by atoms with Crippen molar-refractivity contribution >= 4 is 39.6 Å². The Balaban J connectivity index is 1.88. The van der Waals surface area contributed by atoms with Gasteiger partial charge < -0.3 is 10.8 Å². The van der Waals surface area contributed by atoms with Crippen molar-refractivity contribution in [2.45, 2.75) is 25.7 Å². The minimum absolute atomic E-state index is 0.241. The van der Waals surface area contributed by atoms with Gasteiger partial charge in [-0.05, 0) is 37.3 Å². The van der Waals surface area contributed by atoms with E-state index in [1.807, 2.05) is 6.07 Å². The van der Waals surface area contributed by atoms with Crippen LogP contribution in [0.1, 0.15) is 39.2 Å². The van der Waals surface area contributed by atoms with Gasteiger partial charge in [0.1, 0.15) is 17.4 Å². The van der Waals surface area contributed by atoms with Crippen LogP contribution in [-0.4, -0.2) is 29.4 Å². The van der Waals surface area contributed by atoms with E-state index < -0.39 is 12.6 Å².